The van der Waals surface area contributed by atoms with E-state index >= 15 is 0 Å². The van der Waals surface area contributed by atoms with Crippen molar-refractivity contribution < 1.29 is 14.7 Å². The number of nitrogens with zero attached hydrogens (tertiary/aromatic N) is 3. The maximum atomic E-state index is 12.8. The fourth-order valence-corrected chi connectivity index (χ4v) is 4.02. The van der Waals surface area contributed by atoms with Gasteiger partial charge in [-0.05, 0) is 50.4 Å². The Morgan fingerprint density at radius 3 is 2.62 bits per heavy atom. The Kier molecular flexibility index (Phi) is 4.76. The zero-order valence-electron chi connectivity index (χ0n) is 14.9. The van der Waals surface area contributed by atoms with Crippen LogP contribution in [-0.2, 0) is 9.59 Å². The van der Waals surface area contributed by atoms with Crippen LogP contribution in [-0.4, -0.2) is 57.8 Å². The zero-order valence-corrected chi connectivity index (χ0v) is 14.9. The average Bonchev–Trinajstić information content (AvgIpc) is 3.49. The van der Waals surface area contributed by atoms with E-state index in [0.717, 1.165) is 38.0 Å². The van der Waals surface area contributed by atoms with Crippen LogP contribution in [0.25, 0.3) is 0 Å². The monoisotopic (exact) mass is 355 g/mol. The number of piperidine rings is 1. The highest BCUT2D eigenvalue weighted by Gasteiger charge is 2.46. The Morgan fingerprint density at radius 1 is 1.19 bits per heavy atom. The molecule has 2 aliphatic heterocycles. The van der Waals surface area contributed by atoms with Crippen LogP contribution >= 0.6 is 0 Å². The van der Waals surface area contributed by atoms with Gasteiger partial charge in [-0.25, -0.2) is 0 Å². The zero-order chi connectivity index (χ0) is 18.1. The summed E-state index contributed by atoms with van der Waals surface area (Å²) in [7, 11) is 0. The maximum absolute atomic E-state index is 12.8. The standard InChI is InChI=1S/C20H25N3O3/c24-18(14-6-7-14)16-17(15-5-4-8-21-13-15)23(20(26)19(16)25)12-11-22-9-2-1-3-10-22/h4-5,8,13-14,17,25H,1-3,6-7,9-12H2. The van der Waals surface area contributed by atoms with Crippen molar-refractivity contribution in [2.75, 3.05) is 26.2 Å². The Balaban J connectivity index is 1.59. The molecule has 3 aliphatic rings. The van der Waals surface area contributed by atoms with Crippen molar-refractivity contribution in [3.05, 3.63) is 41.4 Å². The Morgan fingerprint density at radius 2 is 1.96 bits per heavy atom. The lowest BCUT2D eigenvalue weighted by atomic mass is 9.95. The Labute approximate surface area is 153 Å². The van der Waals surface area contributed by atoms with Crippen LogP contribution in [0.2, 0.25) is 0 Å². The minimum absolute atomic E-state index is 0.0406. The van der Waals surface area contributed by atoms with Crippen LogP contribution in [0.5, 0.6) is 0 Å². The summed E-state index contributed by atoms with van der Waals surface area (Å²) in [6.45, 7) is 3.37. The summed E-state index contributed by atoms with van der Waals surface area (Å²) in [5.41, 5.74) is 1.05. The second-order valence-electron chi connectivity index (χ2n) is 7.49. The normalized spacial score (nSPS) is 24.4. The number of hydrogen-bond acceptors (Lipinski definition) is 5. The molecule has 26 heavy (non-hydrogen) atoms. The molecule has 4 rings (SSSR count). The van der Waals surface area contributed by atoms with Crippen LogP contribution in [0, 0.1) is 5.92 Å². The third-order valence-electron chi connectivity index (χ3n) is 5.62. The van der Waals surface area contributed by atoms with Crippen LogP contribution in [0.1, 0.15) is 43.7 Å². The minimum Gasteiger partial charge on any atom is -0.503 e. The van der Waals surface area contributed by atoms with Crippen LogP contribution in [0.15, 0.2) is 35.9 Å². The van der Waals surface area contributed by atoms with Crippen molar-refractivity contribution in [3.63, 3.8) is 0 Å². The molecule has 0 spiro atoms. The van der Waals surface area contributed by atoms with E-state index in [1.54, 1.807) is 23.4 Å². The van der Waals surface area contributed by atoms with Gasteiger partial charge in [-0.1, -0.05) is 12.5 Å². The van der Waals surface area contributed by atoms with Gasteiger partial charge in [-0.15, -0.1) is 0 Å². The van der Waals surface area contributed by atoms with Gasteiger partial charge in [0.05, 0.1) is 11.6 Å². The number of amides is 1. The Bertz CT molecular complexity index is 721. The van der Waals surface area contributed by atoms with E-state index in [1.807, 2.05) is 6.07 Å². The number of carbonyl (C=O) groups excluding carboxylic acids is 2. The number of hydrogen-bond donors (Lipinski definition) is 1. The largest absolute Gasteiger partial charge is 0.503 e. The number of pyridine rings is 1. The molecule has 1 N–H and O–H groups in total. The number of Topliss-reactive ketones (excluding diaryl/α,β-unsaturated/α-hetero) is 1. The molecule has 1 aliphatic carbocycles. The molecule has 3 heterocycles. The van der Waals surface area contributed by atoms with E-state index in [2.05, 4.69) is 9.88 Å². The first-order valence-electron chi connectivity index (χ1n) is 9.57. The molecule has 6 heteroatoms. The first-order valence-corrected chi connectivity index (χ1v) is 9.57. The molecule has 1 unspecified atom stereocenters. The minimum atomic E-state index is -0.519. The summed E-state index contributed by atoms with van der Waals surface area (Å²) in [5.74, 6) is -0.916. The molecule has 1 amide bonds. The summed E-state index contributed by atoms with van der Waals surface area (Å²) in [6.07, 6.45) is 8.69. The second kappa shape index (κ2) is 7.19. The van der Waals surface area contributed by atoms with Crippen molar-refractivity contribution in [2.24, 2.45) is 5.92 Å². The van der Waals surface area contributed by atoms with Crippen molar-refractivity contribution in [2.45, 2.75) is 38.1 Å². The molecule has 6 nitrogen and oxygen atoms in total. The molecule has 1 saturated carbocycles. The van der Waals surface area contributed by atoms with E-state index in [4.69, 9.17) is 0 Å². The molecule has 1 saturated heterocycles. The molecule has 1 aromatic rings. The van der Waals surface area contributed by atoms with Crippen molar-refractivity contribution >= 4 is 11.7 Å². The van der Waals surface area contributed by atoms with Crippen molar-refractivity contribution in [3.8, 4) is 0 Å². The molecule has 0 aromatic carbocycles. The third-order valence-corrected chi connectivity index (χ3v) is 5.62. The highest BCUT2D eigenvalue weighted by molar-refractivity contribution is 6.10. The van der Waals surface area contributed by atoms with E-state index < -0.39 is 11.9 Å². The number of rotatable bonds is 6. The molecule has 138 valence electrons. The van der Waals surface area contributed by atoms with Gasteiger partial charge in [0.15, 0.2) is 11.5 Å². The maximum Gasteiger partial charge on any atom is 0.290 e. The van der Waals surface area contributed by atoms with E-state index in [0.29, 0.717) is 6.54 Å². The number of carbonyl (C=O) groups is 2. The average molecular weight is 355 g/mol. The molecular formula is C20H25N3O3. The summed E-state index contributed by atoms with van der Waals surface area (Å²) in [4.78, 5) is 33.7. The summed E-state index contributed by atoms with van der Waals surface area (Å²) in [5, 5.41) is 10.5. The van der Waals surface area contributed by atoms with Gasteiger partial charge in [0.25, 0.3) is 5.91 Å². The summed E-state index contributed by atoms with van der Waals surface area (Å²) in [6, 6.07) is 3.16. The van der Waals surface area contributed by atoms with Gasteiger partial charge >= 0.3 is 0 Å². The SMILES string of the molecule is O=C(C1=C(O)C(=O)N(CCN2CCCCC2)C1c1cccnc1)C1CC1. The highest BCUT2D eigenvalue weighted by atomic mass is 16.3. The van der Waals surface area contributed by atoms with Gasteiger partial charge in [0.1, 0.15) is 0 Å². The summed E-state index contributed by atoms with van der Waals surface area (Å²) < 4.78 is 0. The van der Waals surface area contributed by atoms with Crippen LogP contribution in [0.3, 0.4) is 0 Å². The lowest BCUT2D eigenvalue weighted by Gasteiger charge is -2.31. The van der Waals surface area contributed by atoms with Gasteiger partial charge in [0, 0.05) is 31.4 Å². The van der Waals surface area contributed by atoms with Crippen molar-refractivity contribution in [1.29, 1.82) is 0 Å². The lowest BCUT2D eigenvalue weighted by Crippen LogP contribution is -2.40. The fraction of sp³-hybridized carbons (Fsp3) is 0.550. The second-order valence-corrected chi connectivity index (χ2v) is 7.49. The van der Waals surface area contributed by atoms with Crippen LogP contribution < -0.4 is 0 Å². The lowest BCUT2D eigenvalue weighted by molar-refractivity contribution is -0.129. The van der Waals surface area contributed by atoms with Crippen LogP contribution in [0.4, 0.5) is 0 Å². The number of aliphatic hydroxyl groups excluding tert-OH is 1. The predicted molar refractivity (Wildman–Crippen MR) is 96.4 cm³/mol. The van der Waals surface area contributed by atoms with Gasteiger partial charge < -0.3 is 14.9 Å². The summed E-state index contributed by atoms with van der Waals surface area (Å²) >= 11 is 0. The first kappa shape index (κ1) is 17.2. The number of likely N-dealkylation sites (tertiary alicyclic amines) is 1. The van der Waals surface area contributed by atoms with Gasteiger partial charge in [-0.3, -0.25) is 14.6 Å². The smallest absolute Gasteiger partial charge is 0.290 e. The number of aromatic nitrogens is 1. The fourth-order valence-electron chi connectivity index (χ4n) is 4.02. The molecule has 0 bridgehead atoms. The molecule has 1 atom stereocenters. The van der Waals surface area contributed by atoms with Gasteiger partial charge in [0.2, 0.25) is 0 Å². The Hall–Kier alpha value is -2.21. The predicted octanol–water partition coefficient (Wildman–Crippen LogP) is 2.24. The van der Waals surface area contributed by atoms with Crippen molar-refractivity contribution in [1.82, 2.24) is 14.8 Å². The molecule has 1 aromatic heterocycles. The molecule has 0 radical (unpaired) electrons. The van der Waals surface area contributed by atoms with Gasteiger partial charge in [-0.2, -0.15) is 0 Å². The molecule has 2 fully saturated rings. The number of aliphatic hydroxyl groups is 1. The first-order chi connectivity index (χ1) is 12.7. The van der Waals surface area contributed by atoms with E-state index in [9.17, 15) is 14.7 Å². The van der Waals surface area contributed by atoms with E-state index in [-0.39, 0.29) is 23.0 Å². The molecular weight excluding hydrogens is 330 g/mol. The third kappa shape index (κ3) is 3.26. The topological polar surface area (TPSA) is 73.7 Å². The van der Waals surface area contributed by atoms with E-state index in [1.165, 1.54) is 19.3 Å². The number of ketones is 1. The highest BCUT2D eigenvalue weighted by Crippen LogP contribution is 2.42. The quantitative estimate of drug-likeness (QED) is 0.847.